The van der Waals surface area contributed by atoms with E-state index in [9.17, 15) is 13.2 Å². The second-order valence-electron chi connectivity index (χ2n) is 8.71. The number of nitrogens with one attached hydrogen (secondary N) is 1. The molecule has 10 heteroatoms. The first-order valence-corrected chi connectivity index (χ1v) is 13.1. The molecule has 0 saturated carbocycles. The van der Waals surface area contributed by atoms with E-state index in [1.165, 1.54) is 22.1 Å². The first kappa shape index (κ1) is 22.3. The Labute approximate surface area is 198 Å². The van der Waals surface area contributed by atoms with Crippen molar-refractivity contribution >= 4 is 38.6 Å². The van der Waals surface area contributed by atoms with Gasteiger partial charge in [-0.25, -0.2) is 18.4 Å². The highest BCUT2D eigenvalue weighted by atomic mass is 35.5. The van der Waals surface area contributed by atoms with Gasteiger partial charge in [-0.1, -0.05) is 11.6 Å². The number of hydrogen-bond donors (Lipinski definition) is 1. The molecule has 8 nitrogen and oxygen atoms in total. The van der Waals surface area contributed by atoms with Crippen LogP contribution >= 0.6 is 11.6 Å². The van der Waals surface area contributed by atoms with Crippen molar-refractivity contribution in [2.75, 3.05) is 26.2 Å². The molecule has 5 rings (SSSR count). The Bertz CT molecular complexity index is 1260. The topological polar surface area (TPSA) is 99.3 Å². The molecule has 3 aromatic rings. The van der Waals surface area contributed by atoms with Gasteiger partial charge < -0.3 is 9.88 Å². The molecule has 2 saturated heterocycles. The fourth-order valence-electron chi connectivity index (χ4n) is 5.03. The van der Waals surface area contributed by atoms with E-state index in [0.717, 1.165) is 37.0 Å². The van der Waals surface area contributed by atoms with Crippen LogP contribution in [0, 0.1) is 5.92 Å². The Kier molecular flexibility index (Phi) is 6.11. The van der Waals surface area contributed by atoms with Gasteiger partial charge in [0.05, 0.1) is 0 Å². The van der Waals surface area contributed by atoms with Crippen LogP contribution in [-0.2, 0) is 14.8 Å². The average molecular weight is 488 g/mol. The van der Waals surface area contributed by atoms with Gasteiger partial charge in [-0.2, -0.15) is 4.31 Å². The first-order chi connectivity index (χ1) is 15.9. The van der Waals surface area contributed by atoms with Gasteiger partial charge >= 0.3 is 0 Å². The lowest BCUT2D eigenvalue weighted by molar-refractivity contribution is -0.137. The van der Waals surface area contributed by atoms with Crippen molar-refractivity contribution in [2.45, 2.75) is 36.5 Å². The molecule has 2 fully saturated rings. The molecule has 33 heavy (non-hydrogen) atoms. The maximum atomic E-state index is 13.1. The number of hydrogen-bond acceptors (Lipinski definition) is 5. The predicted octanol–water partition coefficient (Wildman–Crippen LogP) is 3.42. The Morgan fingerprint density at radius 3 is 2.42 bits per heavy atom. The quantitative estimate of drug-likeness (QED) is 0.568. The molecule has 0 aliphatic carbocycles. The predicted molar refractivity (Wildman–Crippen MR) is 125 cm³/mol. The zero-order chi connectivity index (χ0) is 23.0. The molecule has 0 aromatic carbocycles. The second kappa shape index (κ2) is 9.04. The number of rotatable bonds is 4. The van der Waals surface area contributed by atoms with Crippen LogP contribution in [0.25, 0.3) is 11.0 Å². The van der Waals surface area contributed by atoms with E-state index in [0.29, 0.717) is 31.8 Å². The molecular weight excluding hydrogens is 462 g/mol. The Hall–Kier alpha value is -2.49. The molecule has 0 atom stereocenters. The summed E-state index contributed by atoms with van der Waals surface area (Å²) in [5.41, 5.74) is 2.18. The maximum absolute atomic E-state index is 13.1. The number of carbonyl (C=O) groups excluding carboxylic acids is 1. The third-order valence-corrected chi connectivity index (χ3v) is 9.22. The molecule has 174 valence electrons. The molecule has 1 amide bonds. The summed E-state index contributed by atoms with van der Waals surface area (Å²) in [5, 5.41) is 1.13. The van der Waals surface area contributed by atoms with E-state index in [4.69, 9.17) is 11.6 Å². The van der Waals surface area contributed by atoms with Crippen molar-refractivity contribution in [3.05, 3.63) is 53.6 Å². The molecule has 0 spiro atoms. The van der Waals surface area contributed by atoms with Crippen LogP contribution < -0.4 is 0 Å². The van der Waals surface area contributed by atoms with E-state index in [1.807, 2.05) is 17.2 Å². The largest absolute Gasteiger partial charge is 0.346 e. The number of nitrogens with zero attached hydrogens (tertiary/aromatic N) is 4. The summed E-state index contributed by atoms with van der Waals surface area (Å²) in [7, 11) is -3.71. The highest BCUT2D eigenvalue weighted by molar-refractivity contribution is 7.89. The number of piperidine rings is 2. The molecule has 1 N–H and O–H groups in total. The minimum absolute atomic E-state index is 0.0194. The summed E-state index contributed by atoms with van der Waals surface area (Å²) in [6.45, 7) is 2.06. The number of H-pyrrole nitrogens is 1. The van der Waals surface area contributed by atoms with Crippen molar-refractivity contribution < 1.29 is 13.2 Å². The van der Waals surface area contributed by atoms with Gasteiger partial charge in [-0.3, -0.25) is 4.79 Å². The lowest BCUT2D eigenvalue weighted by Gasteiger charge is -2.37. The SMILES string of the molecule is O=C(C1CCN(S(=O)(=O)c2cccnc2Cl)CC1)N1CCC(c2c[nH]c3ncccc23)CC1. The third-order valence-electron chi connectivity index (χ3n) is 6.88. The van der Waals surface area contributed by atoms with Crippen LogP contribution in [0.3, 0.4) is 0 Å². The van der Waals surface area contributed by atoms with Crippen LogP contribution in [0.4, 0.5) is 0 Å². The van der Waals surface area contributed by atoms with Crippen LogP contribution in [0.2, 0.25) is 5.15 Å². The number of aromatic nitrogens is 3. The van der Waals surface area contributed by atoms with Crippen molar-refractivity contribution in [3.63, 3.8) is 0 Å². The van der Waals surface area contributed by atoms with Gasteiger partial charge in [0.2, 0.25) is 15.9 Å². The highest BCUT2D eigenvalue weighted by Gasteiger charge is 2.36. The summed E-state index contributed by atoms with van der Waals surface area (Å²) in [4.78, 5) is 26.6. The smallest absolute Gasteiger partial charge is 0.246 e. The lowest BCUT2D eigenvalue weighted by atomic mass is 9.88. The van der Waals surface area contributed by atoms with Gasteiger partial charge in [0.1, 0.15) is 15.7 Å². The van der Waals surface area contributed by atoms with Crippen molar-refractivity contribution in [3.8, 4) is 0 Å². The van der Waals surface area contributed by atoms with Gasteiger partial charge in [-0.05, 0) is 61.4 Å². The summed E-state index contributed by atoms with van der Waals surface area (Å²) < 4.78 is 27.3. The zero-order valence-corrected chi connectivity index (χ0v) is 19.7. The van der Waals surface area contributed by atoms with Crippen molar-refractivity contribution in [2.24, 2.45) is 5.92 Å². The number of amides is 1. The number of fused-ring (bicyclic) bond motifs is 1. The first-order valence-electron chi connectivity index (χ1n) is 11.3. The standard InChI is InChI=1S/C23H26ClN5O3S/c24-21-20(4-2-9-25-21)33(31,32)29-13-7-17(8-14-29)23(30)28-11-5-16(6-12-28)19-15-27-22-18(19)3-1-10-26-22/h1-4,9-10,15-17H,5-8,11-14H2,(H,26,27). The van der Waals surface area contributed by atoms with E-state index < -0.39 is 10.0 Å². The van der Waals surface area contributed by atoms with Crippen LogP contribution in [0.1, 0.15) is 37.2 Å². The molecule has 5 heterocycles. The fraction of sp³-hybridized carbons (Fsp3) is 0.435. The molecule has 3 aromatic heterocycles. The normalized spacial score (nSPS) is 19.2. The number of likely N-dealkylation sites (tertiary alicyclic amines) is 1. The fourth-order valence-corrected chi connectivity index (χ4v) is 6.93. The number of halogens is 1. The van der Waals surface area contributed by atoms with Crippen LogP contribution in [-0.4, -0.2) is 64.7 Å². The van der Waals surface area contributed by atoms with Gasteiger partial charge in [0.25, 0.3) is 0 Å². The van der Waals surface area contributed by atoms with Gasteiger partial charge in [-0.15, -0.1) is 0 Å². The molecule has 0 bridgehead atoms. The van der Waals surface area contributed by atoms with E-state index in [-0.39, 0.29) is 21.9 Å². The van der Waals surface area contributed by atoms with Crippen molar-refractivity contribution in [1.29, 1.82) is 0 Å². The molecular formula is C23H26ClN5O3S. The number of aromatic amines is 1. The molecule has 2 aliphatic rings. The Morgan fingerprint density at radius 2 is 1.70 bits per heavy atom. The average Bonchev–Trinajstić information content (AvgIpc) is 3.28. The van der Waals surface area contributed by atoms with Crippen molar-refractivity contribution in [1.82, 2.24) is 24.2 Å². The molecule has 0 radical (unpaired) electrons. The Morgan fingerprint density at radius 1 is 1.00 bits per heavy atom. The van der Waals surface area contributed by atoms with E-state index in [1.54, 1.807) is 12.3 Å². The Balaban J connectivity index is 1.18. The summed E-state index contributed by atoms with van der Waals surface area (Å²) in [5.74, 6) is 0.406. The van der Waals surface area contributed by atoms with E-state index >= 15 is 0 Å². The third kappa shape index (κ3) is 4.25. The minimum Gasteiger partial charge on any atom is -0.346 e. The maximum Gasteiger partial charge on any atom is 0.246 e. The minimum atomic E-state index is -3.71. The summed E-state index contributed by atoms with van der Waals surface area (Å²) >= 11 is 6.01. The number of pyridine rings is 2. The van der Waals surface area contributed by atoms with Crippen LogP contribution in [0.15, 0.2) is 47.8 Å². The molecule has 0 unspecified atom stereocenters. The summed E-state index contributed by atoms with van der Waals surface area (Å²) in [6, 6.07) is 7.07. The van der Waals surface area contributed by atoms with E-state index in [2.05, 4.69) is 21.0 Å². The summed E-state index contributed by atoms with van der Waals surface area (Å²) in [6.07, 6.45) is 8.16. The number of sulfonamides is 1. The van der Waals surface area contributed by atoms with Gasteiger partial charge in [0, 0.05) is 56.1 Å². The van der Waals surface area contributed by atoms with Crippen LogP contribution in [0.5, 0.6) is 0 Å². The lowest BCUT2D eigenvalue weighted by Crippen LogP contribution is -2.46. The molecule has 2 aliphatic heterocycles. The number of carbonyl (C=O) groups is 1. The monoisotopic (exact) mass is 487 g/mol. The highest BCUT2D eigenvalue weighted by Crippen LogP contribution is 2.34. The second-order valence-corrected chi connectivity index (χ2v) is 11.0. The van der Waals surface area contributed by atoms with Gasteiger partial charge in [0.15, 0.2) is 0 Å². The zero-order valence-electron chi connectivity index (χ0n) is 18.2.